The summed E-state index contributed by atoms with van der Waals surface area (Å²) in [4.78, 5) is 1.97. The number of nitrogens with one attached hydrogen (secondary N) is 2. The van der Waals surface area contributed by atoms with E-state index in [2.05, 4.69) is 33.2 Å². The van der Waals surface area contributed by atoms with Crippen molar-refractivity contribution < 1.29 is 5.11 Å². The standard InChI is InChI=1S/C11H17N3.C6H12O.CH3I/c12-10-3-1-2-4-11(10)14-9-5-7-13-8-6-9;7-6-4-2-1-3-5-6;1-2/h1-4,9,13-14H,5-8,12H2;6-7H,1-5H2;1H3. The zero-order valence-electron chi connectivity index (χ0n) is 14.2. The maximum absolute atomic E-state index is 8.91. The molecule has 0 aromatic heterocycles. The average molecular weight is 433 g/mol. The fourth-order valence-electron chi connectivity index (χ4n) is 2.90. The van der Waals surface area contributed by atoms with Gasteiger partial charge in [-0.2, -0.15) is 0 Å². The number of aliphatic hydroxyl groups excluding tert-OH is 1. The van der Waals surface area contributed by atoms with Gasteiger partial charge in [0.05, 0.1) is 17.5 Å². The summed E-state index contributed by atoms with van der Waals surface area (Å²) in [5, 5.41) is 15.7. The number of para-hydroxylation sites is 2. The molecule has 1 saturated carbocycles. The summed E-state index contributed by atoms with van der Waals surface area (Å²) in [7, 11) is 0. The van der Waals surface area contributed by atoms with E-state index in [-0.39, 0.29) is 6.10 Å². The third kappa shape index (κ3) is 8.77. The van der Waals surface area contributed by atoms with Crippen molar-refractivity contribution in [3.05, 3.63) is 24.3 Å². The van der Waals surface area contributed by atoms with Crippen molar-refractivity contribution in [2.75, 3.05) is 29.1 Å². The first-order valence-electron chi connectivity index (χ1n) is 8.63. The van der Waals surface area contributed by atoms with E-state index in [9.17, 15) is 0 Å². The number of hydrogen-bond acceptors (Lipinski definition) is 4. The van der Waals surface area contributed by atoms with Crippen LogP contribution >= 0.6 is 22.6 Å². The Morgan fingerprint density at radius 3 is 2.17 bits per heavy atom. The normalized spacial score (nSPS) is 18.9. The topological polar surface area (TPSA) is 70.3 Å². The number of alkyl halides is 1. The minimum Gasteiger partial charge on any atom is -0.397 e. The van der Waals surface area contributed by atoms with E-state index in [1.54, 1.807) is 0 Å². The van der Waals surface area contributed by atoms with Crippen molar-refractivity contribution in [2.45, 2.75) is 57.1 Å². The van der Waals surface area contributed by atoms with Gasteiger partial charge < -0.3 is 21.5 Å². The summed E-state index contributed by atoms with van der Waals surface area (Å²) < 4.78 is 0. The van der Waals surface area contributed by atoms with E-state index in [1.165, 1.54) is 32.1 Å². The van der Waals surface area contributed by atoms with Gasteiger partial charge in [-0.1, -0.05) is 54.0 Å². The number of nitrogen functional groups attached to an aromatic ring is 1. The molecule has 1 aliphatic heterocycles. The zero-order chi connectivity index (χ0) is 16.9. The predicted octanol–water partition coefficient (Wildman–Crippen LogP) is 3.80. The van der Waals surface area contributed by atoms with Crippen LogP contribution in [0.4, 0.5) is 11.4 Å². The van der Waals surface area contributed by atoms with Gasteiger partial charge in [-0.15, -0.1) is 0 Å². The SMILES string of the molecule is CI.Nc1ccccc1NC1CCNCC1.OC1CCCCC1. The lowest BCUT2D eigenvalue weighted by Gasteiger charge is -2.25. The number of hydrogen-bond donors (Lipinski definition) is 4. The molecule has 132 valence electrons. The molecule has 3 rings (SSSR count). The van der Waals surface area contributed by atoms with Crippen molar-refractivity contribution in [3.63, 3.8) is 0 Å². The Hall–Kier alpha value is -0.530. The van der Waals surface area contributed by atoms with Gasteiger partial charge in [0.2, 0.25) is 0 Å². The summed E-state index contributed by atoms with van der Waals surface area (Å²) in [6, 6.07) is 8.52. The molecule has 0 spiro atoms. The van der Waals surface area contributed by atoms with Crippen LogP contribution in [0.15, 0.2) is 24.3 Å². The Labute approximate surface area is 154 Å². The zero-order valence-corrected chi connectivity index (χ0v) is 16.4. The number of anilines is 2. The van der Waals surface area contributed by atoms with Gasteiger partial charge in [0.25, 0.3) is 0 Å². The van der Waals surface area contributed by atoms with Crippen molar-refractivity contribution in [1.29, 1.82) is 0 Å². The van der Waals surface area contributed by atoms with Crippen LogP contribution in [0, 0.1) is 0 Å². The fourth-order valence-corrected chi connectivity index (χ4v) is 2.90. The lowest BCUT2D eigenvalue weighted by Crippen LogP contribution is -2.35. The van der Waals surface area contributed by atoms with Gasteiger partial charge >= 0.3 is 0 Å². The molecule has 1 heterocycles. The maximum atomic E-state index is 8.91. The Morgan fingerprint density at radius 1 is 1.04 bits per heavy atom. The third-order valence-electron chi connectivity index (χ3n) is 4.23. The second-order valence-corrected chi connectivity index (χ2v) is 6.05. The lowest BCUT2D eigenvalue weighted by atomic mass is 9.98. The average Bonchev–Trinajstić information content (AvgIpc) is 2.61. The second-order valence-electron chi connectivity index (χ2n) is 6.05. The van der Waals surface area contributed by atoms with E-state index in [0.717, 1.165) is 37.3 Å². The third-order valence-corrected chi connectivity index (χ3v) is 4.23. The van der Waals surface area contributed by atoms with Gasteiger partial charge in [-0.05, 0) is 55.8 Å². The van der Waals surface area contributed by atoms with Crippen molar-refractivity contribution >= 4 is 34.0 Å². The van der Waals surface area contributed by atoms with Crippen LogP contribution in [-0.4, -0.2) is 35.3 Å². The smallest absolute Gasteiger partial charge is 0.0576 e. The van der Waals surface area contributed by atoms with Crippen LogP contribution in [-0.2, 0) is 0 Å². The number of benzene rings is 1. The van der Waals surface area contributed by atoms with Crippen LogP contribution in [0.25, 0.3) is 0 Å². The summed E-state index contributed by atoms with van der Waals surface area (Å²) in [5.74, 6) is 0. The number of rotatable bonds is 2. The first-order chi connectivity index (χ1) is 11.3. The number of halogens is 1. The molecule has 1 aromatic rings. The molecule has 0 bridgehead atoms. The highest BCUT2D eigenvalue weighted by molar-refractivity contribution is 14.1. The van der Waals surface area contributed by atoms with Gasteiger partial charge in [0.1, 0.15) is 0 Å². The van der Waals surface area contributed by atoms with Crippen LogP contribution in [0.2, 0.25) is 0 Å². The van der Waals surface area contributed by atoms with Crippen LogP contribution in [0.3, 0.4) is 0 Å². The monoisotopic (exact) mass is 433 g/mol. The second kappa shape index (κ2) is 12.8. The van der Waals surface area contributed by atoms with Gasteiger partial charge in [0.15, 0.2) is 0 Å². The molecule has 2 aliphatic rings. The lowest BCUT2D eigenvalue weighted by molar-refractivity contribution is 0.130. The molecule has 0 amide bonds. The van der Waals surface area contributed by atoms with Crippen LogP contribution in [0.1, 0.15) is 44.9 Å². The van der Waals surface area contributed by atoms with Crippen molar-refractivity contribution in [2.24, 2.45) is 0 Å². The Bertz CT molecular complexity index is 405. The molecule has 4 nitrogen and oxygen atoms in total. The Kier molecular flexibility index (Phi) is 11.5. The highest BCUT2D eigenvalue weighted by Gasteiger charge is 2.12. The van der Waals surface area contributed by atoms with E-state index in [1.807, 2.05) is 29.2 Å². The maximum Gasteiger partial charge on any atom is 0.0576 e. The molecule has 23 heavy (non-hydrogen) atoms. The van der Waals surface area contributed by atoms with E-state index in [4.69, 9.17) is 10.8 Å². The molecule has 5 N–H and O–H groups in total. The summed E-state index contributed by atoms with van der Waals surface area (Å²) >= 11 is 2.15. The van der Waals surface area contributed by atoms with Crippen LogP contribution < -0.4 is 16.4 Å². The summed E-state index contributed by atoms with van der Waals surface area (Å²) in [5.41, 5.74) is 7.77. The highest BCUT2D eigenvalue weighted by atomic mass is 127. The molecule has 1 aliphatic carbocycles. The number of nitrogens with two attached hydrogens (primary N) is 1. The molecule has 5 heteroatoms. The highest BCUT2D eigenvalue weighted by Crippen LogP contribution is 2.20. The Morgan fingerprint density at radius 2 is 1.65 bits per heavy atom. The molecule has 0 radical (unpaired) electrons. The van der Waals surface area contributed by atoms with E-state index in [0.29, 0.717) is 6.04 Å². The molecule has 0 atom stereocenters. The first-order valence-corrected chi connectivity index (χ1v) is 10.8. The van der Waals surface area contributed by atoms with E-state index >= 15 is 0 Å². The molecular weight excluding hydrogens is 401 g/mol. The summed E-state index contributed by atoms with van der Waals surface area (Å²) in [6.45, 7) is 2.20. The minimum atomic E-state index is 0.0359. The quantitative estimate of drug-likeness (QED) is 0.326. The number of aliphatic hydroxyl groups is 1. The Balaban J connectivity index is 0.000000247. The van der Waals surface area contributed by atoms with Crippen molar-refractivity contribution in [1.82, 2.24) is 5.32 Å². The summed E-state index contributed by atoms with van der Waals surface area (Å²) in [6.07, 6.45) is 8.27. The van der Waals surface area contributed by atoms with Gasteiger partial charge in [-0.25, -0.2) is 0 Å². The number of piperidine rings is 1. The molecule has 1 saturated heterocycles. The van der Waals surface area contributed by atoms with Gasteiger partial charge in [0, 0.05) is 6.04 Å². The first kappa shape index (κ1) is 20.5. The molecule has 2 fully saturated rings. The van der Waals surface area contributed by atoms with E-state index < -0.39 is 0 Å². The molecule has 0 unspecified atom stereocenters. The van der Waals surface area contributed by atoms with Crippen molar-refractivity contribution in [3.8, 4) is 0 Å². The molecule has 1 aromatic carbocycles. The largest absolute Gasteiger partial charge is 0.397 e. The fraction of sp³-hybridized carbons (Fsp3) is 0.667. The minimum absolute atomic E-state index is 0.0359. The van der Waals surface area contributed by atoms with Gasteiger partial charge in [-0.3, -0.25) is 0 Å². The predicted molar refractivity (Wildman–Crippen MR) is 109 cm³/mol. The molecular formula is C18H32IN3O. The van der Waals surface area contributed by atoms with Crippen LogP contribution in [0.5, 0.6) is 0 Å².